The summed E-state index contributed by atoms with van der Waals surface area (Å²) in [4.78, 5) is 0. The molecular formula is C9H14OS. The first-order valence-electron chi connectivity index (χ1n) is 4.07. The lowest BCUT2D eigenvalue weighted by Gasteiger charge is -2.26. The minimum Gasteiger partial charge on any atom is -0.378 e. The van der Waals surface area contributed by atoms with Crippen LogP contribution in [0.15, 0.2) is 0 Å². The Kier molecular flexibility index (Phi) is 3.29. The van der Waals surface area contributed by atoms with Crippen molar-refractivity contribution in [3.05, 3.63) is 0 Å². The van der Waals surface area contributed by atoms with Gasteiger partial charge in [-0.1, -0.05) is 12.8 Å². The van der Waals surface area contributed by atoms with Crippen LogP contribution in [0.4, 0.5) is 0 Å². The van der Waals surface area contributed by atoms with Crippen molar-refractivity contribution in [3.63, 3.8) is 0 Å². The predicted molar refractivity (Wildman–Crippen MR) is 49.6 cm³/mol. The lowest BCUT2D eigenvalue weighted by atomic mass is 9.98. The molecule has 0 saturated carbocycles. The molecule has 0 aliphatic carbocycles. The molecular weight excluding hydrogens is 156 g/mol. The van der Waals surface area contributed by atoms with Crippen molar-refractivity contribution >= 4 is 11.8 Å². The summed E-state index contributed by atoms with van der Waals surface area (Å²) in [5, 5.41) is 9.82. The summed E-state index contributed by atoms with van der Waals surface area (Å²) in [5.41, 5.74) is -0.652. The molecule has 0 aromatic carbocycles. The molecule has 0 aromatic rings. The van der Waals surface area contributed by atoms with Crippen LogP contribution in [0.5, 0.6) is 0 Å². The molecule has 1 rings (SSSR count). The molecule has 62 valence electrons. The van der Waals surface area contributed by atoms with E-state index in [4.69, 9.17) is 0 Å². The summed E-state index contributed by atoms with van der Waals surface area (Å²) < 4.78 is 0. The molecule has 0 bridgehead atoms. The van der Waals surface area contributed by atoms with Crippen molar-refractivity contribution in [3.8, 4) is 11.8 Å². The Hall–Kier alpha value is -0.130. The first-order chi connectivity index (χ1) is 5.27. The van der Waals surface area contributed by atoms with Crippen molar-refractivity contribution in [2.24, 2.45) is 0 Å². The van der Waals surface area contributed by atoms with E-state index in [0.29, 0.717) is 0 Å². The van der Waals surface area contributed by atoms with E-state index < -0.39 is 5.60 Å². The zero-order valence-electron chi connectivity index (χ0n) is 6.89. The van der Waals surface area contributed by atoms with Crippen LogP contribution in [-0.2, 0) is 0 Å². The van der Waals surface area contributed by atoms with Gasteiger partial charge < -0.3 is 5.11 Å². The SMILES string of the molecule is CCC#CC1(O)CCSCC1. The maximum atomic E-state index is 9.82. The second-order valence-electron chi connectivity index (χ2n) is 2.80. The van der Waals surface area contributed by atoms with Gasteiger partial charge in [-0.3, -0.25) is 0 Å². The van der Waals surface area contributed by atoms with Gasteiger partial charge in [-0.25, -0.2) is 0 Å². The fraction of sp³-hybridized carbons (Fsp3) is 0.778. The molecule has 1 N–H and O–H groups in total. The average molecular weight is 170 g/mol. The average Bonchev–Trinajstić information content (AvgIpc) is 2.03. The Bertz CT molecular complexity index is 172. The van der Waals surface area contributed by atoms with E-state index in [-0.39, 0.29) is 0 Å². The van der Waals surface area contributed by atoms with Crippen LogP contribution in [0.3, 0.4) is 0 Å². The topological polar surface area (TPSA) is 20.2 Å². The largest absolute Gasteiger partial charge is 0.378 e. The molecule has 0 spiro atoms. The Morgan fingerprint density at radius 2 is 2.09 bits per heavy atom. The molecule has 0 unspecified atom stereocenters. The van der Waals surface area contributed by atoms with Crippen LogP contribution in [0.2, 0.25) is 0 Å². The number of aliphatic hydroxyl groups is 1. The molecule has 1 nitrogen and oxygen atoms in total. The quantitative estimate of drug-likeness (QED) is 0.558. The van der Waals surface area contributed by atoms with Crippen LogP contribution in [0.1, 0.15) is 26.2 Å². The van der Waals surface area contributed by atoms with Crippen LogP contribution in [-0.4, -0.2) is 22.2 Å². The van der Waals surface area contributed by atoms with Gasteiger partial charge in [0, 0.05) is 6.42 Å². The van der Waals surface area contributed by atoms with Gasteiger partial charge in [-0.05, 0) is 24.3 Å². The standard InChI is InChI=1S/C9H14OS/c1-2-3-4-9(10)5-7-11-8-6-9/h10H,2,5-8H2,1H3. The summed E-state index contributed by atoms with van der Waals surface area (Å²) in [6.45, 7) is 2.01. The minimum atomic E-state index is -0.652. The third-order valence-electron chi connectivity index (χ3n) is 1.82. The van der Waals surface area contributed by atoms with Crippen molar-refractivity contribution < 1.29 is 5.11 Å². The lowest BCUT2D eigenvalue weighted by Crippen LogP contribution is -2.31. The fourth-order valence-electron chi connectivity index (χ4n) is 1.09. The van der Waals surface area contributed by atoms with Crippen molar-refractivity contribution in [2.45, 2.75) is 31.8 Å². The molecule has 0 aromatic heterocycles. The van der Waals surface area contributed by atoms with Crippen LogP contribution in [0, 0.1) is 11.8 Å². The van der Waals surface area contributed by atoms with E-state index in [1.54, 1.807) is 0 Å². The summed E-state index contributed by atoms with van der Waals surface area (Å²) in [5.74, 6) is 7.99. The van der Waals surface area contributed by atoms with Crippen LogP contribution >= 0.6 is 11.8 Å². The fourth-order valence-corrected chi connectivity index (χ4v) is 2.26. The Labute approximate surface area is 72.6 Å². The third kappa shape index (κ3) is 2.76. The summed E-state index contributed by atoms with van der Waals surface area (Å²) in [6.07, 6.45) is 2.52. The van der Waals surface area contributed by atoms with Gasteiger partial charge in [0.15, 0.2) is 0 Å². The van der Waals surface area contributed by atoms with E-state index in [9.17, 15) is 5.11 Å². The highest BCUT2D eigenvalue weighted by molar-refractivity contribution is 7.99. The number of thioether (sulfide) groups is 1. The third-order valence-corrected chi connectivity index (χ3v) is 2.80. The lowest BCUT2D eigenvalue weighted by molar-refractivity contribution is 0.0926. The Morgan fingerprint density at radius 3 is 2.64 bits per heavy atom. The predicted octanol–water partition coefficient (Wildman–Crippen LogP) is 1.66. The van der Waals surface area contributed by atoms with E-state index in [0.717, 1.165) is 30.8 Å². The molecule has 0 atom stereocenters. The van der Waals surface area contributed by atoms with Crippen molar-refractivity contribution in [1.82, 2.24) is 0 Å². The van der Waals surface area contributed by atoms with Gasteiger partial charge in [0.1, 0.15) is 5.60 Å². The van der Waals surface area contributed by atoms with Gasteiger partial charge in [-0.2, -0.15) is 11.8 Å². The second kappa shape index (κ2) is 4.04. The summed E-state index contributed by atoms with van der Waals surface area (Å²) in [7, 11) is 0. The summed E-state index contributed by atoms with van der Waals surface area (Å²) >= 11 is 1.90. The molecule has 0 radical (unpaired) electrons. The van der Waals surface area contributed by atoms with Gasteiger partial charge in [-0.15, -0.1) is 5.92 Å². The zero-order valence-corrected chi connectivity index (χ0v) is 7.71. The maximum Gasteiger partial charge on any atom is 0.127 e. The minimum absolute atomic E-state index is 0.652. The monoisotopic (exact) mass is 170 g/mol. The van der Waals surface area contributed by atoms with Gasteiger partial charge >= 0.3 is 0 Å². The maximum absolute atomic E-state index is 9.82. The van der Waals surface area contributed by atoms with Gasteiger partial charge in [0.2, 0.25) is 0 Å². The molecule has 0 amide bonds. The molecule has 2 heteroatoms. The Morgan fingerprint density at radius 1 is 1.45 bits per heavy atom. The molecule has 1 saturated heterocycles. The van der Waals surface area contributed by atoms with Gasteiger partial charge in [0.05, 0.1) is 0 Å². The van der Waals surface area contributed by atoms with E-state index in [1.807, 2.05) is 18.7 Å². The van der Waals surface area contributed by atoms with Gasteiger partial charge in [0.25, 0.3) is 0 Å². The second-order valence-corrected chi connectivity index (χ2v) is 4.02. The number of hydrogen-bond acceptors (Lipinski definition) is 2. The normalized spacial score (nSPS) is 22.0. The Balaban J connectivity index is 2.49. The van der Waals surface area contributed by atoms with Crippen LogP contribution in [0.25, 0.3) is 0 Å². The highest BCUT2D eigenvalue weighted by Crippen LogP contribution is 2.25. The van der Waals surface area contributed by atoms with Crippen LogP contribution < -0.4 is 0 Å². The molecule has 11 heavy (non-hydrogen) atoms. The number of rotatable bonds is 0. The van der Waals surface area contributed by atoms with E-state index in [2.05, 4.69) is 11.8 Å². The number of hydrogen-bond donors (Lipinski definition) is 1. The van der Waals surface area contributed by atoms with Crippen molar-refractivity contribution in [2.75, 3.05) is 11.5 Å². The van der Waals surface area contributed by atoms with Crippen molar-refractivity contribution in [1.29, 1.82) is 0 Å². The zero-order chi connectivity index (χ0) is 8.16. The first-order valence-corrected chi connectivity index (χ1v) is 5.22. The summed E-state index contributed by atoms with van der Waals surface area (Å²) in [6, 6.07) is 0. The molecule has 1 fully saturated rings. The molecule has 1 aliphatic heterocycles. The first kappa shape index (κ1) is 8.96. The highest BCUT2D eigenvalue weighted by Gasteiger charge is 2.26. The highest BCUT2D eigenvalue weighted by atomic mass is 32.2. The molecule has 1 heterocycles. The smallest absolute Gasteiger partial charge is 0.127 e. The van der Waals surface area contributed by atoms with E-state index in [1.165, 1.54) is 0 Å². The van der Waals surface area contributed by atoms with E-state index >= 15 is 0 Å². The molecule has 1 aliphatic rings.